The van der Waals surface area contributed by atoms with E-state index in [9.17, 15) is 0 Å². The Morgan fingerprint density at radius 3 is 2.19 bits per heavy atom. The van der Waals surface area contributed by atoms with E-state index < -0.39 is 0 Å². The standard InChI is InChI=1S/C23H30O3/c1-18-8-12-23(13-9-18)26-19(2)24-16-17-25-22-14-10-21(11-15-22)20-6-4-3-5-7-20/h8-15,19-20H,3-7,16-17H2,1-2H3. The van der Waals surface area contributed by atoms with Crippen LogP contribution in [-0.4, -0.2) is 19.5 Å². The Morgan fingerprint density at radius 1 is 0.846 bits per heavy atom. The van der Waals surface area contributed by atoms with Crippen molar-refractivity contribution in [2.75, 3.05) is 13.2 Å². The lowest BCUT2D eigenvalue weighted by atomic mass is 9.84. The molecule has 0 amide bonds. The van der Waals surface area contributed by atoms with Crippen molar-refractivity contribution in [3.63, 3.8) is 0 Å². The number of hydrogen-bond donors (Lipinski definition) is 0. The van der Waals surface area contributed by atoms with Crippen molar-refractivity contribution in [2.45, 2.75) is 58.2 Å². The molecule has 1 unspecified atom stereocenters. The zero-order valence-corrected chi connectivity index (χ0v) is 15.9. The Labute approximate surface area is 157 Å². The third-order valence-electron chi connectivity index (χ3n) is 4.98. The van der Waals surface area contributed by atoms with Crippen LogP contribution in [0.15, 0.2) is 48.5 Å². The highest BCUT2D eigenvalue weighted by atomic mass is 16.7. The molecule has 0 aliphatic heterocycles. The topological polar surface area (TPSA) is 27.7 Å². The molecule has 1 aliphatic carbocycles. The molecule has 0 aromatic heterocycles. The summed E-state index contributed by atoms with van der Waals surface area (Å²) >= 11 is 0. The number of ether oxygens (including phenoxy) is 3. The first-order chi connectivity index (χ1) is 12.7. The van der Waals surface area contributed by atoms with Crippen LogP contribution in [0.2, 0.25) is 0 Å². The summed E-state index contributed by atoms with van der Waals surface area (Å²) in [5.74, 6) is 2.46. The molecular weight excluding hydrogens is 324 g/mol. The molecule has 0 spiro atoms. The molecule has 140 valence electrons. The molecule has 0 saturated heterocycles. The summed E-state index contributed by atoms with van der Waals surface area (Å²) in [6.07, 6.45) is 6.48. The molecule has 3 rings (SSSR count). The van der Waals surface area contributed by atoms with Crippen LogP contribution in [0, 0.1) is 6.92 Å². The highest BCUT2D eigenvalue weighted by Gasteiger charge is 2.15. The van der Waals surface area contributed by atoms with Gasteiger partial charge in [-0.15, -0.1) is 0 Å². The zero-order valence-electron chi connectivity index (χ0n) is 15.9. The summed E-state index contributed by atoms with van der Waals surface area (Å²) in [7, 11) is 0. The van der Waals surface area contributed by atoms with E-state index in [1.54, 1.807) is 0 Å². The van der Waals surface area contributed by atoms with Gasteiger partial charge >= 0.3 is 0 Å². The van der Waals surface area contributed by atoms with E-state index >= 15 is 0 Å². The summed E-state index contributed by atoms with van der Waals surface area (Å²) in [6, 6.07) is 16.6. The molecule has 0 heterocycles. The predicted octanol–water partition coefficient (Wildman–Crippen LogP) is 5.86. The Bertz CT molecular complexity index is 642. The number of aryl methyl sites for hydroxylation is 1. The van der Waals surface area contributed by atoms with Crippen LogP contribution in [0.4, 0.5) is 0 Å². The molecule has 1 atom stereocenters. The van der Waals surface area contributed by atoms with Crippen molar-refractivity contribution in [1.82, 2.24) is 0 Å². The highest BCUT2D eigenvalue weighted by molar-refractivity contribution is 5.29. The zero-order chi connectivity index (χ0) is 18.2. The van der Waals surface area contributed by atoms with E-state index in [0.717, 1.165) is 17.4 Å². The molecule has 3 heteroatoms. The second-order valence-electron chi connectivity index (χ2n) is 7.12. The summed E-state index contributed by atoms with van der Waals surface area (Å²) in [4.78, 5) is 0. The molecule has 0 radical (unpaired) electrons. The van der Waals surface area contributed by atoms with Crippen molar-refractivity contribution >= 4 is 0 Å². The lowest BCUT2D eigenvalue weighted by molar-refractivity contribution is -0.0739. The molecule has 26 heavy (non-hydrogen) atoms. The third-order valence-corrected chi connectivity index (χ3v) is 4.98. The largest absolute Gasteiger partial charge is 0.491 e. The molecule has 1 fully saturated rings. The first kappa shape index (κ1) is 18.8. The predicted molar refractivity (Wildman–Crippen MR) is 105 cm³/mol. The van der Waals surface area contributed by atoms with Crippen LogP contribution < -0.4 is 9.47 Å². The van der Waals surface area contributed by atoms with Gasteiger partial charge in [-0.1, -0.05) is 49.1 Å². The SMILES string of the molecule is Cc1ccc(OC(C)OCCOc2ccc(C3CCCCC3)cc2)cc1. The Kier molecular flexibility index (Phi) is 6.96. The minimum absolute atomic E-state index is 0.296. The van der Waals surface area contributed by atoms with Crippen LogP contribution in [-0.2, 0) is 4.74 Å². The van der Waals surface area contributed by atoms with E-state index in [1.807, 2.05) is 31.2 Å². The van der Waals surface area contributed by atoms with E-state index in [1.165, 1.54) is 43.2 Å². The van der Waals surface area contributed by atoms with Gasteiger partial charge in [0.25, 0.3) is 0 Å². The fourth-order valence-corrected chi connectivity index (χ4v) is 3.49. The van der Waals surface area contributed by atoms with Gasteiger partial charge in [0.1, 0.15) is 18.1 Å². The first-order valence-electron chi connectivity index (χ1n) is 9.78. The fourth-order valence-electron chi connectivity index (χ4n) is 3.49. The molecule has 2 aromatic carbocycles. The van der Waals surface area contributed by atoms with Crippen molar-refractivity contribution in [2.24, 2.45) is 0 Å². The minimum atomic E-state index is -0.296. The number of rotatable bonds is 8. The normalized spacial score (nSPS) is 16.2. The second kappa shape index (κ2) is 9.63. The van der Waals surface area contributed by atoms with Gasteiger partial charge in [0.15, 0.2) is 6.29 Å². The molecule has 2 aromatic rings. The van der Waals surface area contributed by atoms with Crippen LogP contribution in [0.25, 0.3) is 0 Å². The highest BCUT2D eigenvalue weighted by Crippen LogP contribution is 2.33. The van der Waals surface area contributed by atoms with Gasteiger partial charge in [0.2, 0.25) is 0 Å². The van der Waals surface area contributed by atoms with Crippen LogP contribution in [0.5, 0.6) is 11.5 Å². The second-order valence-corrected chi connectivity index (χ2v) is 7.12. The summed E-state index contributed by atoms with van der Waals surface area (Å²) < 4.78 is 17.2. The first-order valence-corrected chi connectivity index (χ1v) is 9.78. The van der Waals surface area contributed by atoms with E-state index in [0.29, 0.717) is 13.2 Å². The Morgan fingerprint density at radius 2 is 1.50 bits per heavy atom. The van der Waals surface area contributed by atoms with Crippen molar-refractivity contribution in [1.29, 1.82) is 0 Å². The Hall–Kier alpha value is -2.00. The van der Waals surface area contributed by atoms with Gasteiger partial charge in [0, 0.05) is 0 Å². The van der Waals surface area contributed by atoms with Gasteiger partial charge < -0.3 is 14.2 Å². The maximum atomic E-state index is 5.78. The van der Waals surface area contributed by atoms with Gasteiger partial charge in [0.05, 0.1) is 6.61 Å². The van der Waals surface area contributed by atoms with E-state index in [-0.39, 0.29) is 6.29 Å². The minimum Gasteiger partial charge on any atom is -0.491 e. The Balaban J connectivity index is 1.35. The average Bonchev–Trinajstić information content (AvgIpc) is 2.68. The molecule has 3 nitrogen and oxygen atoms in total. The number of benzene rings is 2. The average molecular weight is 354 g/mol. The van der Waals surface area contributed by atoms with E-state index in [4.69, 9.17) is 14.2 Å². The van der Waals surface area contributed by atoms with Crippen molar-refractivity contribution < 1.29 is 14.2 Å². The third kappa shape index (κ3) is 5.77. The van der Waals surface area contributed by atoms with Crippen molar-refractivity contribution in [3.05, 3.63) is 59.7 Å². The number of hydrogen-bond acceptors (Lipinski definition) is 3. The van der Waals surface area contributed by atoms with Crippen molar-refractivity contribution in [3.8, 4) is 11.5 Å². The van der Waals surface area contributed by atoms with Gasteiger partial charge in [-0.25, -0.2) is 0 Å². The lowest BCUT2D eigenvalue weighted by Gasteiger charge is -2.22. The lowest BCUT2D eigenvalue weighted by Crippen LogP contribution is -2.19. The maximum Gasteiger partial charge on any atom is 0.197 e. The molecule has 1 saturated carbocycles. The van der Waals surface area contributed by atoms with Gasteiger partial charge in [-0.05, 0) is 62.4 Å². The quantitative estimate of drug-likeness (QED) is 0.439. The fraction of sp³-hybridized carbons (Fsp3) is 0.478. The van der Waals surface area contributed by atoms with Crippen LogP contribution >= 0.6 is 0 Å². The van der Waals surface area contributed by atoms with Gasteiger partial charge in [-0.3, -0.25) is 0 Å². The van der Waals surface area contributed by atoms with Crippen LogP contribution in [0.1, 0.15) is 56.1 Å². The molecular formula is C23H30O3. The summed E-state index contributed by atoms with van der Waals surface area (Å²) in [6.45, 7) is 4.98. The molecule has 0 bridgehead atoms. The molecule has 1 aliphatic rings. The summed E-state index contributed by atoms with van der Waals surface area (Å²) in [5, 5.41) is 0. The maximum absolute atomic E-state index is 5.78. The smallest absolute Gasteiger partial charge is 0.197 e. The van der Waals surface area contributed by atoms with Gasteiger partial charge in [-0.2, -0.15) is 0 Å². The summed E-state index contributed by atoms with van der Waals surface area (Å²) in [5.41, 5.74) is 2.67. The molecule has 0 N–H and O–H groups in total. The van der Waals surface area contributed by atoms with Crippen LogP contribution in [0.3, 0.4) is 0 Å². The van der Waals surface area contributed by atoms with E-state index in [2.05, 4.69) is 31.2 Å². The monoisotopic (exact) mass is 354 g/mol.